The molecule has 60 atom stereocenters. The van der Waals surface area contributed by atoms with E-state index in [0.29, 0.717) is 0 Å². The van der Waals surface area contributed by atoms with Crippen molar-refractivity contribution in [2.75, 3.05) is 66.1 Å². The molecule has 65 heteroatoms. The molecule has 0 aliphatic carbocycles. The Labute approximate surface area is 845 Å². The summed E-state index contributed by atoms with van der Waals surface area (Å²) in [6.45, 7) is -4.36. The molecule has 36 N–H and O–H groups in total. The summed E-state index contributed by atoms with van der Waals surface area (Å²) in [5.41, 5.74) is 0. The highest BCUT2D eigenvalue weighted by molar-refractivity contribution is 5.75. The van der Waals surface area contributed by atoms with E-state index in [1.165, 1.54) is 13.8 Å². The molecule has 12 aliphatic rings. The maximum absolute atomic E-state index is 13.9. The van der Waals surface area contributed by atoms with Gasteiger partial charge in [-0.3, -0.25) is 28.8 Å². The Balaban J connectivity index is 0.983. The number of carbonyl (C=O) groups excluding carboxylic acids is 6. The summed E-state index contributed by atoms with van der Waals surface area (Å²) in [6.07, 6.45) is -119. The molecule has 0 aromatic rings. The number of amides is 6. The Bertz CT molecular complexity index is 4230. The highest BCUT2D eigenvalue weighted by Gasteiger charge is 2.65. The van der Waals surface area contributed by atoms with Crippen LogP contribution < -0.4 is 31.9 Å². The lowest BCUT2D eigenvalue weighted by atomic mass is 9.93. The zero-order valence-electron chi connectivity index (χ0n) is 81.0. The van der Waals surface area contributed by atoms with Gasteiger partial charge in [0.2, 0.25) is 35.4 Å². The Hall–Kier alpha value is -5.30. The fraction of sp³-hybridized carbons (Fsp3) is 0.929. The first-order chi connectivity index (χ1) is 70.4. The minimum atomic E-state index is -2.90. The molecule has 0 aromatic heterocycles. The fourth-order valence-electron chi connectivity index (χ4n) is 19.5. The van der Waals surface area contributed by atoms with Gasteiger partial charge in [-0.05, 0) is 13.8 Å². The van der Waals surface area contributed by atoms with Crippen LogP contribution in [0, 0.1) is 0 Å². The van der Waals surface area contributed by atoms with Gasteiger partial charge in [-0.1, -0.05) is 0 Å². The van der Waals surface area contributed by atoms with E-state index in [2.05, 4.69) is 31.9 Å². The van der Waals surface area contributed by atoms with E-state index in [1.54, 1.807) is 0 Å². The zero-order chi connectivity index (χ0) is 110. The average molecular weight is 2180 g/mol. The smallest absolute Gasteiger partial charge is 0.217 e. The lowest BCUT2D eigenvalue weighted by Crippen LogP contribution is -2.72. The number of rotatable bonds is 38. The molecule has 65 nitrogen and oxygen atoms in total. The van der Waals surface area contributed by atoms with Crippen LogP contribution in [0.25, 0.3) is 0 Å². The third kappa shape index (κ3) is 27.5. The van der Waals surface area contributed by atoms with Gasteiger partial charge in [0.25, 0.3) is 0 Å². The molecule has 0 aromatic carbocycles. The Kier molecular flexibility index (Phi) is 43.8. The van der Waals surface area contributed by atoms with E-state index in [0.717, 1.165) is 41.5 Å². The van der Waals surface area contributed by atoms with Crippen molar-refractivity contribution in [2.45, 2.75) is 423 Å². The van der Waals surface area contributed by atoms with Crippen LogP contribution in [0.4, 0.5) is 0 Å². The van der Waals surface area contributed by atoms with Crippen molar-refractivity contribution in [3.05, 3.63) is 0 Å². The largest absolute Gasteiger partial charge is 0.394 e. The minimum Gasteiger partial charge on any atom is -0.394 e. The molecule has 12 fully saturated rings. The molecule has 860 valence electrons. The van der Waals surface area contributed by atoms with E-state index in [4.69, 9.17) is 109 Å². The molecule has 12 saturated heterocycles. The maximum atomic E-state index is 13.9. The number of aliphatic hydroxyl groups is 30. The van der Waals surface area contributed by atoms with Crippen molar-refractivity contribution in [1.29, 1.82) is 0 Å². The summed E-state index contributed by atoms with van der Waals surface area (Å²) in [4.78, 5) is 79.5. The van der Waals surface area contributed by atoms with Crippen molar-refractivity contribution in [3.8, 4) is 0 Å². The second-order valence-electron chi connectivity index (χ2n) is 38.1. The maximum Gasteiger partial charge on any atom is 0.217 e. The first-order valence-electron chi connectivity index (χ1n) is 47.9. The van der Waals surface area contributed by atoms with E-state index in [9.17, 15) is 182 Å². The molecule has 12 rings (SSSR count). The van der Waals surface area contributed by atoms with Gasteiger partial charge in [0.05, 0.1) is 78.3 Å². The second kappa shape index (κ2) is 53.4. The summed E-state index contributed by atoms with van der Waals surface area (Å²) >= 11 is 0. The molecule has 0 radical (unpaired) electrons. The average Bonchev–Trinajstić information content (AvgIpc) is 0.751. The highest BCUT2D eigenvalue weighted by atomic mass is 16.8. The van der Waals surface area contributed by atoms with Crippen LogP contribution >= 0.6 is 0 Å². The summed E-state index contributed by atoms with van der Waals surface area (Å²) in [6, 6.07) is -12.1. The molecule has 1 unspecified atom stereocenters. The number of hydrogen-bond acceptors (Lipinski definition) is 59. The van der Waals surface area contributed by atoms with Gasteiger partial charge in [0, 0.05) is 41.5 Å². The van der Waals surface area contributed by atoms with Crippen molar-refractivity contribution < 1.29 is 291 Å². The van der Waals surface area contributed by atoms with Crippen LogP contribution in [-0.2, 0) is 138 Å². The normalized spacial score (nSPS) is 49.0. The standard InChI is InChI=1S/C84H140N6O59/c1-19-43(105)55(117)60(122)79(129-19)127-17-35-66(52(114)37(73(126)131-35)85-21(3)99)142-76-40(88-24(6)102)54(116)65(33(15-97)137-76)143-82-63(125)70(147-84-72(59(121)49(111)31(13-95)136-84)149-78-42(90-26(8)104)69(146-80-61(123)56(118)44(106)20(2)130-80)67(34(16-98)139-78)145-81-62(124)57(119)47(109)29(11-93)134-81)68(144-75-39(87-23(5)101)51(113)46(108)28(10-92)133-75)36(140-82)18-128-83-71(58(120)48(110)30(12-94)135-83)148-77-41(89-25(7)103)53(115)64(32(14-96)138-77)141-74-38(86-22(4)100)50(112)45(107)27(9-91)132-74/h19-20,27-84,91-98,105-126H,9-18H2,1-8H3,(H,85,99)(H,86,100)(H,87,101)(H,88,102)(H,89,103)(H,90,104)/t19-,20-,27+,28+,29+,30+,31+,32+,33+,34+,35+,36+,37+,38+,39+,40+,41+,42+,43+,44+,45-,46+,47-,48+,49+,50+,51+,52+,53+,54+,55+,56+,57-,58-,59-,60-,61-,62+,63-,64+,65+,66+,67+,68+,69+,70+,71-,72-,73?,74-,75-,76-,77-,78-,79+,80-,81-,82-,83-,84+/m0/s1. The van der Waals surface area contributed by atoms with Gasteiger partial charge in [0.1, 0.15) is 280 Å². The number of carbonyl (C=O) groups is 6. The first-order valence-corrected chi connectivity index (χ1v) is 47.9. The number of hydrogen-bond donors (Lipinski definition) is 36. The van der Waals surface area contributed by atoms with Gasteiger partial charge in [0.15, 0.2) is 75.5 Å². The molecular weight excluding hydrogens is 2040 g/mol. The van der Waals surface area contributed by atoms with Gasteiger partial charge in [-0.15, -0.1) is 0 Å². The molecule has 12 heterocycles. The summed E-state index contributed by atoms with van der Waals surface area (Å²) in [5, 5.41) is 358. The van der Waals surface area contributed by atoms with Crippen molar-refractivity contribution in [3.63, 3.8) is 0 Å². The monoisotopic (exact) mass is 2180 g/mol. The zero-order valence-corrected chi connectivity index (χ0v) is 81.0. The second-order valence-corrected chi connectivity index (χ2v) is 38.1. The van der Waals surface area contributed by atoms with Gasteiger partial charge >= 0.3 is 0 Å². The van der Waals surface area contributed by atoms with Crippen molar-refractivity contribution in [2.24, 2.45) is 0 Å². The van der Waals surface area contributed by atoms with E-state index in [-0.39, 0.29) is 0 Å². The molecule has 12 aliphatic heterocycles. The lowest BCUT2D eigenvalue weighted by Gasteiger charge is -2.53. The number of aliphatic hydroxyl groups excluding tert-OH is 30. The molecule has 0 spiro atoms. The van der Waals surface area contributed by atoms with Crippen LogP contribution in [0.2, 0.25) is 0 Å². The molecule has 149 heavy (non-hydrogen) atoms. The van der Waals surface area contributed by atoms with E-state index in [1.807, 2.05) is 0 Å². The predicted molar refractivity (Wildman–Crippen MR) is 462 cm³/mol. The van der Waals surface area contributed by atoms with Crippen molar-refractivity contribution in [1.82, 2.24) is 31.9 Å². The van der Waals surface area contributed by atoms with Crippen LogP contribution in [0.15, 0.2) is 0 Å². The van der Waals surface area contributed by atoms with E-state index >= 15 is 0 Å². The highest BCUT2D eigenvalue weighted by Crippen LogP contribution is 2.44. The van der Waals surface area contributed by atoms with E-state index < -0.39 is 470 Å². The molecule has 0 bridgehead atoms. The Morgan fingerprint density at radius 3 is 0.839 bits per heavy atom. The predicted octanol–water partition coefficient (Wildman–Crippen LogP) is -24.2. The number of nitrogens with one attached hydrogen (secondary N) is 6. The Morgan fingerprint density at radius 1 is 0.188 bits per heavy atom. The molecular formula is C84H140N6O59. The SMILES string of the molecule is CC(=O)N[C@H]1[C@H](O[C@H]2[C@H](O)[C@@H](NC(C)=O)C(O)O[C@@H]2CO[C@@H]2O[C@@H](C)[C@@H](O)[C@@H](O)[C@@H]2O)O[C@H](CO)[C@@H](O[C@@H]2O[C@H](CO[C@H]3O[C@H](CO)[C@@H](O)[C@H](O)[C@@H]3O[C@@H]3O[C@H](CO)[C@@H](O[C@@H]4O[C@H](CO)[C@H](O)[C@H](O)[C@H]4NC(C)=O)[C@H](O)[C@H]3NC(C)=O)[C@@H](O[C@@H]3O[C@H](CO)[C@@H](O)[C@H](O)[C@H]3NC(C)=O)[C@H](O[C@H]3O[C@H](CO)[C@@H](O)[C@H](O)[C@@H]3O[C@@H]3O[C@H](CO)[C@@H](O[C@@H]4O[C@H](CO)[C@H](O)[C@H](O)[C@H]4O)[C@H](O[C@@H]4O[C@@H](C)[C@@H](O)[C@@H](O)[C@@H]4O)[C@H]3NC(C)=O)[C@@H]2O)[C@@H]1O. The quantitative estimate of drug-likeness (QED) is 0.0273. The summed E-state index contributed by atoms with van der Waals surface area (Å²) < 4.78 is 142. The lowest BCUT2D eigenvalue weighted by molar-refractivity contribution is -0.411. The summed E-state index contributed by atoms with van der Waals surface area (Å²) in [5.74, 6) is -6.02. The molecule has 6 amide bonds. The van der Waals surface area contributed by atoms with Crippen LogP contribution in [0.5, 0.6) is 0 Å². The van der Waals surface area contributed by atoms with Crippen LogP contribution in [0.3, 0.4) is 0 Å². The summed E-state index contributed by atoms with van der Waals surface area (Å²) in [7, 11) is 0. The van der Waals surface area contributed by atoms with Crippen LogP contribution in [0.1, 0.15) is 55.4 Å². The van der Waals surface area contributed by atoms with Crippen LogP contribution in [-0.4, -0.2) is 623 Å². The first kappa shape index (κ1) is 122. The van der Waals surface area contributed by atoms with Gasteiger partial charge in [-0.2, -0.15) is 0 Å². The topological polar surface area (TPSA) is 994 Å². The van der Waals surface area contributed by atoms with Gasteiger partial charge < -0.3 is 294 Å². The Morgan fingerprint density at radius 2 is 0.423 bits per heavy atom. The third-order valence-corrected chi connectivity index (χ3v) is 27.4. The van der Waals surface area contributed by atoms with Crippen molar-refractivity contribution >= 4 is 35.4 Å². The number of ether oxygens (including phenoxy) is 23. The molecule has 0 saturated carbocycles. The third-order valence-electron chi connectivity index (χ3n) is 27.4. The van der Waals surface area contributed by atoms with Gasteiger partial charge in [-0.25, -0.2) is 0 Å². The minimum absolute atomic E-state index is 0.856. The fourth-order valence-corrected chi connectivity index (χ4v) is 19.5.